The van der Waals surface area contributed by atoms with E-state index in [-0.39, 0.29) is 28.9 Å². The summed E-state index contributed by atoms with van der Waals surface area (Å²) >= 11 is 0. The van der Waals surface area contributed by atoms with Gasteiger partial charge in [0.05, 0.1) is 25.0 Å². The minimum absolute atomic E-state index is 0.0262. The number of fused-ring (bicyclic) bond motifs is 3. The number of hydrogen-bond donors (Lipinski definition) is 1. The highest BCUT2D eigenvalue weighted by Crippen LogP contribution is 2.45. The second-order valence-electron chi connectivity index (χ2n) is 7.40. The van der Waals surface area contributed by atoms with Crippen LogP contribution in [0.1, 0.15) is 29.4 Å². The van der Waals surface area contributed by atoms with E-state index in [0.717, 1.165) is 0 Å². The molecule has 0 unspecified atom stereocenters. The SMILES string of the molecule is COc1ccc(-c2coc3c4c(cc(O)c3c2=O)OC(=O)C[C@H]4c2ccc(C)o2)cc1. The van der Waals surface area contributed by atoms with Crippen molar-refractivity contribution in [2.75, 3.05) is 7.11 Å². The molecule has 0 bridgehead atoms. The van der Waals surface area contributed by atoms with E-state index in [0.29, 0.717) is 34.0 Å². The molecule has 0 amide bonds. The molecular weight excluding hydrogens is 400 g/mol. The first-order valence-electron chi connectivity index (χ1n) is 9.69. The maximum absolute atomic E-state index is 13.3. The molecule has 31 heavy (non-hydrogen) atoms. The van der Waals surface area contributed by atoms with E-state index in [1.807, 2.05) is 6.92 Å². The van der Waals surface area contributed by atoms with Crippen LogP contribution in [0.4, 0.5) is 0 Å². The predicted octanol–water partition coefficient (Wildman–Crippen LogP) is 4.52. The Morgan fingerprint density at radius 3 is 2.55 bits per heavy atom. The van der Waals surface area contributed by atoms with Crippen molar-refractivity contribution in [3.05, 3.63) is 76.0 Å². The standard InChI is InChI=1S/C24H18O7/c1-12-3-8-18(30-12)15-9-20(26)31-19-10-17(25)22-23(27)16(11-29-24(22)21(15)19)13-4-6-14(28-2)7-5-13/h3-8,10-11,15,25H,9H2,1-2H3/t15-/m0/s1. The number of furan rings is 1. The number of carbonyl (C=O) groups is 1. The number of aromatic hydroxyl groups is 1. The Hall–Kier alpha value is -4.00. The number of hydrogen-bond acceptors (Lipinski definition) is 7. The summed E-state index contributed by atoms with van der Waals surface area (Å²) in [5, 5.41) is 10.6. The van der Waals surface area contributed by atoms with Gasteiger partial charge in [-0.15, -0.1) is 0 Å². The van der Waals surface area contributed by atoms with Crippen molar-refractivity contribution < 1.29 is 28.2 Å². The third-order valence-electron chi connectivity index (χ3n) is 5.48. The Kier molecular flexibility index (Phi) is 4.32. The van der Waals surface area contributed by atoms with Crippen LogP contribution >= 0.6 is 0 Å². The molecule has 7 heteroatoms. The molecule has 156 valence electrons. The van der Waals surface area contributed by atoms with Crippen molar-refractivity contribution in [1.82, 2.24) is 0 Å². The maximum atomic E-state index is 13.3. The van der Waals surface area contributed by atoms with Gasteiger partial charge in [-0.1, -0.05) is 12.1 Å². The summed E-state index contributed by atoms with van der Waals surface area (Å²) < 4.78 is 22.1. The van der Waals surface area contributed by atoms with Crippen molar-refractivity contribution >= 4 is 16.9 Å². The van der Waals surface area contributed by atoms with Crippen LogP contribution in [0.2, 0.25) is 0 Å². The normalized spacial score (nSPS) is 15.5. The fourth-order valence-corrected chi connectivity index (χ4v) is 3.99. The van der Waals surface area contributed by atoms with E-state index in [1.165, 1.54) is 12.3 Å². The van der Waals surface area contributed by atoms with E-state index in [9.17, 15) is 14.7 Å². The van der Waals surface area contributed by atoms with Crippen molar-refractivity contribution in [3.8, 4) is 28.4 Å². The number of carbonyl (C=O) groups excluding carboxylic acids is 1. The van der Waals surface area contributed by atoms with Gasteiger partial charge in [0, 0.05) is 11.6 Å². The minimum atomic E-state index is -0.497. The lowest BCUT2D eigenvalue weighted by Gasteiger charge is -2.24. The zero-order valence-electron chi connectivity index (χ0n) is 16.8. The van der Waals surface area contributed by atoms with Gasteiger partial charge in [0.15, 0.2) is 0 Å². The van der Waals surface area contributed by atoms with Crippen molar-refractivity contribution in [2.24, 2.45) is 0 Å². The Balaban J connectivity index is 1.75. The molecule has 0 spiro atoms. The number of benzene rings is 2. The average molecular weight is 418 g/mol. The first-order valence-corrected chi connectivity index (χ1v) is 9.69. The fraction of sp³-hybridized carbons (Fsp3) is 0.167. The molecule has 4 aromatic rings. The molecule has 2 aromatic heterocycles. The number of aryl methyl sites for hydroxylation is 1. The molecule has 1 atom stereocenters. The average Bonchev–Trinajstić information content (AvgIpc) is 3.19. The van der Waals surface area contributed by atoms with Crippen molar-refractivity contribution in [1.29, 1.82) is 0 Å². The van der Waals surface area contributed by atoms with Gasteiger partial charge in [-0.3, -0.25) is 9.59 Å². The smallest absolute Gasteiger partial charge is 0.312 e. The molecule has 7 nitrogen and oxygen atoms in total. The molecule has 3 heterocycles. The third-order valence-corrected chi connectivity index (χ3v) is 5.48. The first-order chi connectivity index (χ1) is 15.0. The fourth-order valence-electron chi connectivity index (χ4n) is 3.99. The number of rotatable bonds is 3. The van der Waals surface area contributed by atoms with Gasteiger partial charge in [0.2, 0.25) is 5.43 Å². The minimum Gasteiger partial charge on any atom is -0.507 e. The van der Waals surface area contributed by atoms with Gasteiger partial charge >= 0.3 is 5.97 Å². The van der Waals surface area contributed by atoms with Crippen molar-refractivity contribution in [2.45, 2.75) is 19.3 Å². The van der Waals surface area contributed by atoms with Crippen LogP contribution in [0.15, 0.2) is 62.4 Å². The van der Waals surface area contributed by atoms with Gasteiger partial charge in [-0.05, 0) is 36.8 Å². The highest BCUT2D eigenvalue weighted by Gasteiger charge is 2.35. The zero-order chi connectivity index (χ0) is 21.7. The van der Waals surface area contributed by atoms with Gasteiger partial charge < -0.3 is 23.4 Å². The number of esters is 1. The van der Waals surface area contributed by atoms with Crippen LogP contribution in [0.5, 0.6) is 17.2 Å². The molecule has 0 aliphatic carbocycles. The van der Waals surface area contributed by atoms with Gasteiger partial charge in [-0.25, -0.2) is 0 Å². The van der Waals surface area contributed by atoms with Crippen LogP contribution < -0.4 is 14.9 Å². The van der Waals surface area contributed by atoms with Gasteiger partial charge in [-0.2, -0.15) is 0 Å². The summed E-state index contributed by atoms with van der Waals surface area (Å²) in [7, 11) is 1.56. The van der Waals surface area contributed by atoms with E-state index in [2.05, 4.69) is 0 Å². The second kappa shape index (κ2) is 7.05. The Labute approximate surface area is 176 Å². The molecule has 0 saturated heterocycles. The summed E-state index contributed by atoms with van der Waals surface area (Å²) in [6, 6.07) is 11.8. The summed E-state index contributed by atoms with van der Waals surface area (Å²) in [4.78, 5) is 25.5. The Bertz CT molecular complexity index is 1380. The van der Waals surface area contributed by atoms with Crippen LogP contribution in [0.25, 0.3) is 22.1 Å². The lowest BCUT2D eigenvalue weighted by atomic mass is 9.88. The molecule has 0 saturated carbocycles. The summed E-state index contributed by atoms with van der Waals surface area (Å²) in [5.41, 5.74) is 1.20. The van der Waals surface area contributed by atoms with Gasteiger partial charge in [0.25, 0.3) is 0 Å². The topological polar surface area (TPSA) is 99.1 Å². The van der Waals surface area contributed by atoms with Crippen LogP contribution in [0.3, 0.4) is 0 Å². The predicted molar refractivity (Wildman–Crippen MR) is 112 cm³/mol. The number of phenolic OH excluding ortho intramolecular Hbond substituents is 1. The van der Waals surface area contributed by atoms with E-state index >= 15 is 0 Å². The van der Waals surface area contributed by atoms with E-state index < -0.39 is 17.3 Å². The largest absolute Gasteiger partial charge is 0.507 e. The molecule has 0 fully saturated rings. The monoisotopic (exact) mass is 418 g/mol. The van der Waals surface area contributed by atoms with Crippen molar-refractivity contribution in [3.63, 3.8) is 0 Å². The molecule has 1 aliphatic heterocycles. The molecular formula is C24H18O7. The van der Waals surface area contributed by atoms with Crippen LogP contribution in [-0.4, -0.2) is 18.2 Å². The van der Waals surface area contributed by atoms with Crippen LogP contribution in [-0.2, 0) is 4.79 Å². The van der Waals surface area contributed by atoms with E-state index in [4.69, 9.17) is 18.3 Å². The highest BCUT2D eigenvalue weighted by atomic mass is 16.5. The quantitative estimate of drug-likeness (QED) is 0.386. The van der Waals surface area contributed by atoms with E-state index in [1.54, 1.807) is 43.5 Å². The molecule has 2 aromatic carbocycles. The molecule has 5 rings (SSSR count). The lowest BCUT2D eigenvalue weighted by Crippen LogP contribution is -2.21. The zero-order valence-corrected chi connectivity index (χ0v) is 16.8. The molecule has 0 radical (unpaired) electrons. The summed E-state index contributed by atoms with van der Waals surface area (Å²) in [6.07, 6.45) is 1.39. The second-order valence-corrected chi connectivity index (χ2v) is 7.40. The summed E-state index contributed by atoms with van der Waals surface area (Å²) in [6.45, 7) is 1.81. The highest BCUT2D eigenvalue weighted by molar-refractivity contribution is 5.94. The molecule has 1 aliphatic rings. The number of phenols is 1. The third kappa shape index (κ3) is 3.06. The Morgan fingerprint density at radius 2 is 1.87 bits per heavy atom. The first kappa shape index (κ1) is 19.0. The summed E-state index contributed by atoms with van der Waals surface area (Å²) in [5.74, 6) is 0.795. The number of methoxy groups -OCH3 is 1. The molecule has 1 N–H and O–H groups in total. The lowest BCUT2D eigenvalue weighted by molar-refractivity contribution is -0.135. The maximum Gasteiger partial charge on any atom is 0.312 e. The Morgan fingerprint density at radius 1 is 1.10 bits per heavy atom. The van der Waals surface area contributed by atoms with Crippen LogP contribution in [0, 0.1) is 6.92 Å². The van der Waals surface area contributed by atoms with Gasteiger partial charge in [0.1, 0.15) is 46.0 Å². The number of ether oxygens (including phenoxy) is 2.